The monoisotopic (exact) mass is 286 g/mol. The van der Waals surface area contributed by atoms with Gasteiger partial charge in [-0.3, -0.25) is 4.98 Å². The Hall–Kier alpha value is -2.17. The van der Waals surface area contributed by atoms with Crippen LogP contribution in [0.1, 0.15) is 33.5 Å². The van der Waals surface area contributed by atoms with Gasteiger partial charge in [-0.1, -0.05) is 20.8 Å². The van der Waals surface area contributed by atoms with E-state index in [0.29, 0.717) is 6.61 Å². The van der Waals surface area contributed by atoms with Gasteiger partial charge in [-0.15, -0.1) is 0 Å². The maximum Gasteiger partial charge on any atom is 0.138 e. The van der Waals surface area contributed by atoms with Gasteiger partial charge in [0, 0.05) is 30.3 Å². The smallest absolute Gasteiger partial charge is 0.138 e. The topological polar surface area (TPSA) is 59.9 Å². The van der Waals surface area contributed by atoms with Crippen LogP contribution in [0.25, 0.3) is 11.3 Å². The van der Waals surface area contributed by atoms with Gasteiger partial charge >= 0.3 is 0 Å². The second kappa shape index (κ2) is 6.08. The van der Waals surface area contributed by atoms with Crippen molar-refractivity contribution in [3.05, 3.63) is 30.4 Å². The molecule has 112 valence electrons. The van der Waals surface area contributed by atoms with Crippen LogP contribution in [0.2, 0.25) is 0 Å². The Balaban J connectivity index is 2.50. The van der Waals surface area contributed by atoms with E-state index in [1.54, 1.807) is 12.4 Å². The molecule has 2 aromatic heterocycles. The van der Waals surface area contributed by atoms with Crippen LogP contribution >= 0.6 is 0 Å². The molecule has 1 N–H and O–H groups in total. The number of anilines is 1. The van der Waals surface area contributed by atoms with Crippen molar-refractivity contribution in [2.24, 2.45) is 0 Å². The van der Waals surface area contributed by atoms with Crippen LogP contribution in [0, 0.1) is 0 Å². The maximum absolute atomic E-state index is 5.50. The van der Waals surface area contributed by atoms with Gasteiger partial charge in [0.05, 0.1) is 18.5 Å². The van der Waals surface area contributed by atoms with E-state index in [0.717, 1.165) is 28.6 Å². The molecule has 5 heteroatoms. The average Bonchev–Trinajstić information content (AvgIpc) is 2.46. The largest absolute Gasteiger partial charge is 0.492 e. The molecule has 0 fully saturated rings. The molecule has 0 aliphatic carbocycles. The van der Waals surface area contributed by atoms with E-state index in [2.05, 4.69) is 41.0 Å². The maximum atomic E-state index is 5.50. The minimum atomic E-state index is -0.118. The highest BCUT2D eigenvalue weighted by atomic mass is 16.5. The molecule has 0 aromatic carbocycles. The van der Waals surface area contributed by atoms with Crippen LogP contribution in [0.5, 0.6) is 5.75 Å². The van der Waals surface area contributed by atoms with Crippen LogP contribution in [0.15, 0.2) is 24.5 Å². The van der Waals surface area contributed by atoms with Crippen molar-refractivity contribution < 1.29 is 4.74 Å². The summed E-state index contributed by atoms with van der Waals surface area (Å²) >= 11 is 0. The Morgan fingerprint density at radius 2 is 1.90 bits per heavy atom. The van der Waals surface area contributed by atoms with Gasteiger partial charge in [-0.2, -0.15) is 0 Å². The number of nitrogens with one attached hydrogen (secondary N) is 1. The molecule has 0 amide bonds. The lowest BCUT2D eigenvalue weighted by Crippen LogP contribution is -2.17. The normalized spacial score (nSPS) is 11.3. The van der Waals surface area contributed by atoms with E-state index < -0.39 is 0 Å². The van der Waals surface area contributed by atoms with Crippen molar-refractivity contribution >= 4 is 5.82 Å². The van der Waals surface area contributed by atoms with Gasteiger partial charge in [-0.05, 0) is 13.0 Å². The van der Waals surface area contributed by atoms with Crippen LogP contribution in [-0.2, 0) is 5.41 Å². The Morgan fingerprint density at radius 3 is 2.52 bits per heavy atom. The summed E-state index contributed by atoms with van der Waals surface area (Å²) in [6, 6.07) is 3.87. The molecule has 0 saturated heterocycles. The molecule has 0 unspecified atom stereocenters. The molecule has 2 rings (SSSR count). The molecule has 2 heterocycles. The molecular formula is C16H22N4O. The van der Waals surface area contributed by atoms with Gasteiger partial charge in [0.1, 0.15) is 17.4 Å². The highest BCUT2D eigenvalue weighted by molar-refractivity contribution is 5.63. The number of pyridine rings is 1. The van der Waals surface area contributed by atoms with Crippen molar-refractivity contribution in [3.63, 3.8) is 0 Å². The van der Waals surface area contributed by atoms with Crippen LogP contribution in [-0.4, -0.2) is 28.6 Å². The van der Waals surface area contributed by atoms with Crippen molar-refractivity contribution in [3.8, 4) is 17.0 Å². The van der Waals surface area contributed by atoms with E-state index in [1.165, 1.54) is 0 Å². The van der Waals surface area contributed by atoms with Crippen molar-refractivity contribution in [1.82, 2.24) is 15.0 Å². The number of rotatable bonds is 4. The summed E-state index contributed by atoms with van der Waals surface area (Å²) in [7, 11) is 1.85. The molecule has 0 saturated carbocycles. The summed E-state index contributed by atoms with van der Waals surface area (Å²) in [4.78, 5) is 13.4. The lowest BCUT2D eigenvalue weighted by Gasteiger charge is -2.18. The molecule has 5 nitrogen and oxygen atoms in total. The number of ether oxygens (including phenoxy) is 1. The first-order chi connectivity index (χ1) is 9.94. The minimum Gasteiger partial charge on any atom is -0.492 e. The van der Waals surface area contributed by atoms with E-state index in [4.69, 9.17) is 4.74 Å². The summed E-state index contributed by atoms with van der Waals surface area (Å²) in [6.07, 6.45) is 3.49. The number of hydrogen-bond donors (Lipinski definition) is 1. The van der Waals surface area contributed by atoms with E-state index in [1.807, 2.05) is 26.1 Å². The SMILES string of the molecule is CCOc1cncc(-c2cc(NC)nc(C(C)(C)C)n2)c1. The summed E-state index contributed by atoms with van der Waals surface area (Å²) in [5.41, 5.74) is 1.64. The lowest BCUT2D eigenvalue weighted by atomic mass is 9.95. The molecule has 0 bridgehead atoms. The second-order valence-corrected chi connectivity index (χ2v) is 5.80. The molecule has 21 heavy (non-hydrogen) atoms. The van der Waals surface area contributed by atoms with Crippen molar-refractivity contribution in [2.45, 2.75) is 33.1 Å². The molecule has 2 aromatic rings. The fraction of sp³-hybridized carbons (Fsp3) is 0.438. The predicted octanol–water partition coefficient (Wildman–Crippen LogP) is 3.28. The number of nitrogens with zero attached hydrogens (tertiary/aromatic N) is 3. The Morgan fingerprint density at radius 1 is 1.14 bits per heavy atom. The minimum absolute atomic E-state index is 0.118. The van der Waals surface area contributed by atoms with E-state index in [-0.39, 0.29) is 5.41 Å². The zero-order valence-electron chi connectivity index (χ0n) is 13.3. The summed E-state index contributed by atoms with van der Waals surface area (Å²) in [5, 5.41) is 3.09. The van der Waals surface area contributed by atoms with E-state index in [9.17, 15) is 0 Å². The van der Waals surface area contributed by atoms with Crippen LogP contribution in [0.4, 0.5) is 5.82 Å². The van der Waals surface area contributed by atoms with Gasteiger partial charge in [0.2, 0.25) is 0 Å². The van der Waals surface area contributed by atoms with Crippen molar-refractivity contribution in [1.29, 1.82) is 0 Å². The standard InChI is InChI=1S/C16H22N4O/c1-6-21-12-7-11(9-18-10-12)13-8-14(17-5)20-15(19-13)16(2,3)4/h7-10H,6H2,1-5H3,(H,17,19,20). The lowest BCUT2D eigenvalue weighted by molar-refractivity contribution is 0.339. The predicted molar refractivity (Wildman–Crippen MR) is 84.7 cm³/mol. The van der Waals surface area contributed by atoms with Gasteiger partial charge < -0.3 is 10.1 Å². The zero-order valence-corrected chi connectivity index (χ0v) is 13.3. The fourth-order valence-electron chi connectivity index (χ4n) is 1.86. The highest BCUT2D eigenvalue weighted by Crippen LogP contribution is 2.26. The summed E-state index contributed by atoms with van der Waals surface area (Å²) in [6.45, 7) is 8.86. The third-order valence-corrected chi connectivity index (χ3v) is 2.97. The first-order valence-corrected chi connectivity index (χ1v) is 7.09. The molecular weight excluding hydrogens is 264 g/mol. The molecule has 0 spiro atoms. The van der Waals surface area contributed by atoms with Crippen molar-refractivity contribution in [2.75, 3.05) is 19.0 Å². The van der Waals surface area contributed by atoms with Gasteiger partial charge in [0.25, 0.3) is 0 Å². The molecule has 0 aliphatic heterocycles. The Labute approximate surface area is 125 Å². The third kappa shape index (κ3) is 3.68. The molecule has 0 aliphatic rings. The first kappa shape index (κ1) is 15.2. The van der Waals surface area contributed by atoms with Gasteiger partial charge in [0.15, 0.2) is 0 Å². The van der Waals surface area contributed by atoms with Crippen LogP contribution in [0.3, 0.4) is 0 Å². The second-order valence-electron chi connectivity index (χ2n) is 5.80. The first-order valence-electron chi connectivity index (χ1n) is 7.09. The number of hydrogen-bond acceptors (Lipinski definition) is 5. The molecule has 0 atom stereocenters. The quantitative estimate of drug-likeness (QED) is 0.934. The number of aromatic nitrogens is 3. The highest BCUT2D eigenvalue weighted by Gasteiger charge is 2.19. The Kier molecular flexibility index (Phi) is 4.40. The summed E-state index contributed by atoms with van der Waals surface area (Å²) in [5.74, 6) is 2.34. The fourth-order valence-corrected chi connectivity index (χ4v) is 1.86. The average molecular weight is 286 g/mol. The third-order valence-electron chi connectivity index (χ3n) is 2.97. The zero-order chi connectivity index (χ0) is 15.5. The van der Waals surface area contributed by atoms with Crippen LogP contribution < -0.4 is 10.1 Å². The van der Waals surface area contributed by atoms with E-state index >= 15 is 0 Å². The Bertz CT molecular complexity index is 620. The molecule has 0 radical (unpaired) electrons. The van der Waals surface area contributed by atoms with Gasteiger partial charge in [-0.25, -0.2) is 9.97 Å². The summed E-state index contributed by atoms with van der Waals surface area (Å²) < 4.78 is 5.50.